The predicted molar refractivity (Wildman–Crippen MR) is 103 cm³/mol. The quantitative estimate of drug-likeness (QED) is 0.341. The largest absolute Gasteiger partial charge is 0.508 e. The lowest BCUT2D eigenvalue weighted by atomic mass is 9.94. The number of ether oxygens (including phenoxy) is 1. The fourth-order valence-corrected chi connectivity index (χ4v) is 3.69. The Morgan fingerprint density at radius 2 is 1.66 bits per heavy atom. The summed E-state index contributed by atoms with van der Waals surface area (Å²) in [6.45, 7) is 1.62. The molecule has 3 aromatic rings. The van der Waals surface area contributed by atoms with Gasteiger partial charge in [-0.2, -0.15) is 0 Å². The zero-order valence-electron chi connectivity index (χ0n) is 15.2. The van der Waals surface area contributed by atoms with E-state index in [0.29, 0.717) is 11.1 Å². The summed E-state index contributed by atoms with van der Waals surface area (Å²) in [5.41, 5.74) is 0.175. The van der Waals surface area contributed by atoms with Crippen molar-refractivity contribution in [2.24, 2.45) is 0 Å². The molecular formula is C21H18O8. The molecule has 150 valence electrons. The molecule has 29 heavy (non-hydrogen) atoms. The van der Waals surface area contributed by atoms with Gasteiger partial charge >= 0.3 is 0 Å². The summed E-state index contributed by atoms with van der Waals surface area (Å²) in [5.74, 6) is -2.15. The van der Waals surface area contributed by atoms with E-state index >= 15 is 0 Å². The van der Waals surface area contributed by atoms with Gasteiger partial charge in [0.2, 0.25) is 5.43 Å². The maximum absolute atomic E-state index is 12.5. The molecule has 1 aliphatic rings. The molecule has 0 unspecified atom stereocenters. The van der Waals surface area contributed by atoms with Gasteiger partial charge < -0.3 is 35.4 Å². The van der Waals surface area contributed by atoms with Crippen LogP contribution in [-0.2, 0) is 6.42 Å². The van der Waals surface area contributed by atoms with Gasteiger partial charge in [0.1, 0.15) is 23.4 Å². The number of aliphatic hydroxyl groups is 1. The minimum Gasteiger partial charge on any atom is -0.508 e. The van der Waals surface area contributed by atoms with Gasteiger partial charge in [-0.25, -0.2) is 0 Å². The van der Waals surface area contributed by atoms with Crippen molar-refractivity contribution in [2.75, 3.05) is 0 Å². The maximum atomic E-state index is 12.5. The van der Waals surface area contributed by atoms with Crippen LogP contribution in [0.3, 0.4) is 0 Å². The molecule has 1 heterocycles. The first-order chi connectivity index (χ1) is 13.7. The van der Waals surface area contributed by atoms with E-state index in [4.69, 9.17) is 4.74 Å². The Kier molecular flexibility index (Phi) is 4.16. The standard InChI is InChI=1S/C21H18O8/c1-8-2-14(24)19(27)18-11(8)3-9(4-15(25)20(18)28)21-16(26)7-12-13(23)5-10(22)6-17(12)29-21/h2-6,16,21-24,26-27H,7H2,1H3,(H,25,28)/t16-,21-/m1/s1. The molecule has 0 aliphatic carbocycles. The smallest absolute Gasteiger partial charge is 0.221 e. The maximum Gasteiger partial charge on any atom is 0.221 e. The van der Waals surface area contributed by atoms with E-state index in [0.717, 1.165) is 12.1 Å². The van der Waals surface area contributed by atoms with Crippen molar-refractivity contribution in [2.45, 2.75) is 25.6 Å². The van der Waals surface area contributed by atoms with Crippen LogP contribution in [0.1, 0.15) is 22.8 Å². The second kappa shape index (κ2) is 6.46. The van der Waals surface area contributed by atoms with Crippen LogP contribution < -0.4 is 10.2 Å². The van der Waals surface area contributed by atoms with E-state index in [1.807, 2.05) is 0 Å². The lowest BCUT2D eigenvalue weighted by molar-refractivity contribution is 0.0198. The highest BCUT2D eigenvalue weighted by Gasteiger charge is 2.32. The van der Waals surface area contributed by atoms with E-state index in [2.05, 4.69) is 0 Å². The minimum absolute atomic E-state index is 0.00779. The van der Waals surface area contributed by atoms with E-state index in [1.54, 1.807) is 6.92 Å². The number of phenolic OH excluding ortho intramolecular Hbond substituents is 4. The van der Waals surface area contributed by atoms with Crippen molar-refractivity contribution in [1.29, 1.82) is 0 Å². The van der Waals surface area contributed by atoms with Gasteiger partial charge in [0.15, 0.2) is 17.2 Å². The number of aliphatic hydroxyl groups excluding tert-OH is 1. The van der Waals surface area contributed by atoms with Crippen LogP contribution in [-0.4, -0.2) is 36.7 Å². The fourth-order valence-electron chi connectivity index (χ4n) is 3.69. The molecule has 0 saturated heterocycles. The Hall–Kier alpha value is -3.65. The molecule has 8 nitrogen and oxygen atoms in total. The Morgan fingerprint density at radius 1 is 0.931 bits per heavy atom. The number of fused-ring (bicyclic) bond motifs is 2. The Labute approximate surface area is 164 Å². The molecule has 0 bridgehead atoms. The van der Waals surface area contributed by atoms with Crippen LogP contribution in [0.25, 0.3) is 10.8 Å². The average molecular weight is 398 g/mol. The number of aryl methyl sites for hydroxylation is 1. The zero-order valence-corrected chi connectivity index (χ0v) is 15.2. The Morgan fingerprint density at radius 3 is 2.38 bits per heavy atom. The molecule has 1 aliphatic heterocycles. The second-order valence-electron chi connectivity index (χ2n) is 7.10. The van der Waals surface area contributed by atoms with Gasteiger partial charge in [0.25, 0.3) is 0 Å². The highest BCUT2D eigenvalue weighted by atomic mass is 16.5. The van der Waals surface area contributed by atoms with Crippen molar-refractivity contribution in [3.63, 3.8) is 0 Å². The van der Waals surface area contributed by atoms with Crippen LogP contribution in [0.15, 0.2) is 35.1 Å². The first-order valence-corrected chi connectivity index (χ1v) is 8.79. The van der Waals surface area contributed by atoms with Crippen molar-refractivity contribution in [3.8, 4) is 34.5 Å². The molecule has 0 spiro atoms. The minimum atomic E-state index is -1.14. The average Bonchev–Trinajstić information content (AvgIpc) is 2.77. The molecule has 2 atom stereocenters. The molecule has 0 amide bonds. The third-order valence-corrected chi connectivity index (χ3v) is 5.12. The van der Waals surface area contributed by atoms with Gasteiger partial charge in [-0.3, -0.25) is 4.79 Å². The van der Waals surface area contributed by atoms with Gasteiger partial charge in [0.05, 0.1) is 11.5 Å². The summed E-state index contributed by atoms with van der Waals surface area (Å²) in [4.78, 5) is 12.5. The van der Waals surface area contributed by atoms with Crippen molar-refractivity contribution < 1.29 is 35.4 Å². The van der Waals surface area contributed by atoms with E-state index in [9.17, 15) is 35.4 Å². The summed E-state index contributed by atoms with van der Waals surface area (Å²) >= 11 is 0. The van der Waals surface area contributed by atoms with E-state index in [-0.39, 0.29) is 40.0 Å². The van der Waals surface area contributed by atoms with Crippen LogP contribution in [0.4, 0.5) is 0 Å². The summed E-state index contributed by atoms with van der Waals surface area (Å²) in [5, 5.41) is 60.7. The van der Waals surface area contributed by atoms with E-state index in [1.165, 1.54) is 18.2 Å². The molecular weight excluding hydrogens is 380 g/mol. The number of aromatic hydroxyl groups is 5. The third kappa shape index (κ3) is 2.94. The first kappa shape index (κ1) is 18.7. The van der Waals surface area contributed by atoms with Crippen molar-refractivity contribution in [3.05, 3.63) is 57.2 Å². The predicted octanol–water partition coefficient (Wildman–Crippen LogP) is 2.07. The van der Waals surface area contributed by atoms with Crippen molar-refractivity contribution in [1.82, 2.24) is 0 Å². The lowest BCUT2D eigenvalue weighted by Gasteiger charge is -2.31. The molecule has 4 rings (SSSR count). The summed E-state index contributed by atoms with van der Waals surface area (Å²) < 4.78 is 5.77. The molecule has 6 N–H and O–H groups in total. The topological polar surface area (TPSA) is 148 Å². The van der Waals surface area contributed by atoms with Gasteiger partial charge in [-0.15, -0.1) is 0 Å². The van der Waals surface area contributed by atoms with Gasteiger partial charge in [-0.05, 0) is 41.6 Å². The number of benzene rings is 2. The van der Waals surface area contributed by atoms with Crippen LogP contribution >= 0.6 is 0 Å². The highest BCUT2D eigenvalue weighted by molar-refractivity contribution is 5.97. The Balaban J connectivity index is 1.95. The van der Waals surface area contributed by atoms with Crippen molar-refractivity contribution >= 4 is 10.8 Å². The van der Waals surface area contributed by atoms with Crippen LogP contribution in [0, 0.1) is 6.92 Å². The second-order valence-corrected chi connectivity index (χ2v) is 7.10. The number of hydrogen-bond donors (Lipinski definition) is 6. The summed E-state index contributed by atoms with van der Waals surface area (Å²) in [6.07, 6.45) is -2.17. The third-order valence-electron chi connectivity index (χ3n) is 5.12. The molecule has 0 radical (unpaired) electrons. The number of hydrogen-bond acceptors (Lipinski definition) is 8. The van der Waals surface area contributed by atoms with E-state index < -0.39 is 34.9 Å². The number of phenols is 4. The SMILES string of the molecule is Cc1cc(O)c(O)c2c(O)c(=O)cc([C@H]3Oc4cc(O)cc(O)c4C[C@H]3O)cc12. The monoisotopic (exact) mass is 398 g/mol. The van der Waals surface area contributed by atoms with Gasteiger partial charge in [0, 0.05) is 24.1 Å². The molecule has 3 aromatic carbocycles. The van der Waals surface area contributed by atoms with Gasteiger partial charge in [-0.1, -0.05) is 0 Å². The van der Waals surface area contributed by atoms with Crippen LogP contribution in [0.5, 0.6) is 34.5 Å². The number of rotatable bonds is 1. The molecule has 8 heteroatoms. The molecule has 0 aromatic heterocycles. The van der Waals surface area contributed by atoms with Crippen LogP contribution in [0.2, 0.25) is 0 Å². The highest BCUT2D eigenvalue weighted by Crippen LogP contribution is 2.43. The summed E-state index contributed by atoms with van der Waals surface area (Å²) in [6, 6.07) is 6.27. The molecule has 0 saturated carbocycles. The Bertz CT molecular complexity index is 1220. The summed E-state index contributed by atoms with van der Waals surface area (Å²) in [7, 11) is 0. The normalized spacial score (nSPS) is 18.3. The molecule has 0 fully saturated rings. The first-order valence-electron chi connectivity index (χ1n) is 8.79. The lowest BCUT2D eigenvalue weighted by Crippen LogP contribution is -2.30. The fraction of sp³-hybridized carbons (Fsp3) is 0.190. The zero-order chi connectivity index (χ0) is 21.0.